The number of allylic oxidation sites excluding steroid dienone is 1. The zero-order valence-corrected chi connectivity index (χ0v) is 23.1. The Labute approximate surface area is 238 Å². The third-order valence-corrected chi connectivity index (χ3v) is 7.42. The maximum atomic E-state index is 13.7. The molecule has 0 bridgehead atoms. The lowest BCUT2D eigenvalue weighted by molar-refractivity contribution is -0.150. The van der Waals surface area contributed by atoms with Crippen LogP contribution in [0.25, 0.3) is 0 Å². The first-order valence-electron chi connectivity index (χ1n) is 12.9. The molecule has 222 valence electrons. The number of alkyl halides is 5. The van der Waals surface area contributed by atoms with Gasteiger partial charge in [0.1, 0.15) is 23.9 Å². The number of piperidine rings is 1. The number of anilines is 3. The first-order chi connectivity index (χ1) is 19.2. The molecule has 0 atom stereocenters. The van der Waals surface area contributed by atoms with Gasteiger partial charge in [-0.3, -0.25) is 9.69 Å². The molecule has 1 aromatic heterocycles. The Morgan fingerprint density at radius 1 is 1.17 bits per heavy atom. The number of rotatable bonds is 9. The zero-order valence-electron chi connectivity index (χ0n) is 22.3. The van der Waals surface area contributed by atoms with E-state index < -0.39 is 24.4 Å². The summed E-state index contributed by atoms with van der Waals surface area (Å²) in [6.45, 7) is 3.00. The standard InChI is InChI=1S/C26H31F5N8OS/c1-16(32)12-20(33)35-21-13-22(38-9-6-18(7-10-38)39-11-8-25(27,28)15-39)37-24(36-21)41-19-4-2-17(3-5-19)34-23(40)14-26(29,30)31/h2-5,12-13,18,32H,6-11,14-15,33H2,1H3,(H,34,40)(H,35,36,37)/b20-12+,32-16?. The highest BCUT2D eigenvalue weighted by Crippen LogP contribution is 2.33. The molecular weight excluding hydrogens is 567 g/mol. The van der Waals surface area contributed by atoms with E-state index in [1.165, 1.54) is 30.0 Å². The van der Waals surface area contributed by atoms with Crippen LogP contribution in [0.2, 0.25) is 0 Å². The van der Waals surface area contributed by atoms with Crippen LogP contribution in [0.15, 0.2) is 52.3 Å². The van der Waals surface area contributed by atoms with E-state index in [2.05, 4.69) is 25.5 Å². The van der Waals surface area contributed by atoms with Crippen LogP contribution in [0.1, 0.15) is 32.6 Å². The summed E-state index contributed by atoms with van der Waals surface area (Å²) >= 11 is 1.20. The van der Waals surface area contributed by atoms with Crippen molar-refractivity contribution >= 4 is 40.7 Å². The van der Waals surface area contributed by atoms with Crippen LogP contribution >= 0.6 is 11.8 Å². The van der Waals surface area contributed by atoms with Crippen molar-refractivity contribution < 1.29 is 26.7 Å². The largest absolute Gasteiger partial charge is 0.397 e. The van der Waals surface area contributed by atoms with Gasteiger partial charge < -0.3 is 26.7 Å². The molecule has 1 aromatic carbocycles. The molecule has 9 nitrogen and oxygen atoms in total. The molecule has 15 heteroatoms. The Morgan fingerprint density at radius 2 is 1.85 bits per heavy atom. The highest BCUT2D eigenvalue weighted by Gasteiger charge is 2.41. The molecule has 2 aliphatic heterocycles. The van der Waals surface area contributed by atoms with Crippen molar-refractivity contribution in [3.63, 3.8) is 0 Å². The second-order valence-electron chi connectivity index (χ2n) is 10.1. The molecule has 0 unspecified atom stereocenters. The van der Waals surface area contributed by atoms with Gasteiger partial charge in [0.05, 0.1) is 6.54 Å². The van der Waals surface area contributed by atoms with Crippen LogP contribution < -0.4 is 21.3 Å². The molecule has 1 amide bonds. The van der Waals surface area contributed by atoms with Crippen molar-refractivity contribution in [2.24, 2.45) is 5.73 Å². The summed E-state index contributed by atoms with van der Waals surface area (Å²) in [5.41, 5.74) is 6.47. The second kappa shape index (κ2) is 12.6. The summed E-state index contributed by atoms with van der Waals surface area (Å²) in [4.78, 5) is 25.4. The van der Waals surface area contributed by atoms with E-state index >= 15 is 0 Å². The second-order valence-corrected chi connectivity index (χ2v) is 11.1. The van der Waals surface area contributed by atoms with Crippen molar-refractivity contribution in [3.05, 3.63) is 42.2 Å². The van der Waals surface area contributed by atoms with Crippen LogP contribution in [-0.2, 0) is 4.79 Å². The fourth-order valence-corrected chi connectivity index (χ4v) is 5.50. The molecule has 3 heterocycles. The first-order valence-corrected chi connectivity index (χ1v) is 13.8. The van der Waals surface area contributed by atoms with Crippen molar-refractivity contribution in [1.82, 2.24) is 14.9 Å². The third kappa shape index (κ3) is 9.28. The third-order valence-electron chi connectivity index (χ3n) is 6.55. The van der Waals surface area contributed by atoms with Gasteiger partial charge in [-0.2, -0.15) is 13.2 Å². The summed E-state index contributed by atoms with van der Waals surface area (Å²) in [7, 11) is 0. The van der Waals surface area contributed by atoms with Gasteiger partial charge in [-0.15, -0.1) is 0 Å². The topological polar surface area (TPSA) is 123 Å². The predicted molar refractivity (Wildman–Crippen MR) is 148 cm³/mol. The quantitative estimate of drug-likeness (QED) is 0.179. The van der Waals surface area contributed by atoms with Crippen LogP contribution in [0.4, 0.5) is 39.3 Å². The predicted octanol–water partition coefficient (Wildman–Crippen LogP) is 5.08. The van der Waals surface area contributed by atoms with Crippen molar-refractivity contribution in [3.8, 4) is 0 Å². The molecule has 41 heavy (non-hydrogen) atoms. The smallest absolute Gasteiger partial charge is 0.385 e. The molecule has 2 aromatic rings. The van der Waals surface area contributed by atoms with E-state index in [-0.39, 0.29) is 36.2 Å². The van der Waals surface area contributed by atoms with Crippen LogP contribution in [-0.4, -0.2) is 70.8 Å². The molecule has 0 saturated carbocycles. The summed E-state index contributed by atoms with van der Waals surface area (Å²) in [6.07, 6.45) is -3.42. The number of nitrogens with two attached hydrogens (primary N) is 1. The number of likely N-dealkylation sites (tertiary alicyclic amines) is 1. The maximum absolute atomic E-state index is 13.7. The van der Waals surface area contributed by atoms with E-state index in [4.69, 9.17) is 11.1 Å². The average molecular weight is 599 g/mol. The van der Waals surface area contributed by atoms with Gasteiger partial charge in [0, 0.05) is 54.5 Å². The zero-order chi connectivity index (χ0) is 29.8. The molecule has 2 fully saturated rings. The maximum Gasteiger partial charge on any atom is 0.397 e. The molecule has 0 aliphatic carbocycles. The number of hydrogen-bond donors (Lipinski definition) is 4. The SMILES string of the molecule is CC(=N)/C=C(\N)Nc1cc(N2CCC(N3CCC(F)(F)C3)CC2)nc(Sc2ccc(NC(=O)CC(F)(F)F)cc2)n1. The van der Waals surface area contributed by atoms with E-state index in [0.29, 0.717) is 54.2 Å². The Hall–Kier alpha value is -3.46. The summed E-state index contributed by atoms with van der Waals surface area (Å²) in [6, 6.07) is 8.03. The van der Waals surface area contributed by atoms with E-state index in [9.17, 15) is 26.7 Å². The molecule has 0 spiro atoms. The summed E-state index contributed by atoms with van der Waals surface area (Å²) < 4.78 is 64.7. The van der Waals surface area contributed by atoms with Gasteiger partial charge in [0.15, 0.2) is 5.16 Å². The minimum Gasteiger partial charge on any atom is -0.385 e. The minimum absolute atomic E-state index is 0.0807. The Bertz CT molecular complexity index is 1280. The Balaban J connectivity index is 1.47. The van der Waals surface area contributed by atoms with E-state index in [1.807, 2.05) is 4.90 Å². The minimum atomic E-state index is -4.60. The molecule has 5 N–H and O–H groups in total. The highest BCUT2D eigenvalue weighted by molar-refractivity contribution is 7.99. The Morgan fingerprint density at radius 3 is 2.44 bits per heavy atom. The highest BCUT2D eigenvalue weighted by atomic mass is 32.2. The van der Waals surface area contributed by atoms with Gasteiger partial charge in [-0.05, 0) is 61.9 Å². The van der Waals surface area contributed by atoms with Crippen molar-refractivity contribution in [2.75, 3.05) is 41.7 Å². The van der Waals surface area contributed by atoms with Crippen LogP contribution in [0.3, 0.4) is 0 Å². The molecule has 2 saturated heterocycles. The first kappa shape index (κ1) is 30.5. The van der Waals surface area contributed by atoms with Crippen molar-refractivity contribution in [2.45, 2.75) is 60.8 Å². The average Bonchev–Trinajstić information content (AvgIpc) is 3.23. The molecule has 0 radical (unpaired) electrons. The van der Waals surface area contributed by atoms with Crippen LogP contribution in [0.5, 0.6) is 0 Å². The fourth-order valence-electron chi connectivity index (χ4n) is 4.73. The van der Waals surface area contributed by atoms with Crippen molar-refractivity contribution in [1.29, 1.82) is 5.41 Å². The van der Waals surface area contributed by atoms with Gasteiger partial charge >= 0.3 is 6.18 Å². The summed E-state index contributed by atoms with van der Waals surface area (Å²) in [5, 5.41) is 13.2. The number of hydrogen-bond acceptors (Lipinski definition) is 9. The number of benzene rings is 1. The lowest BCUT2D eigenvalue weighted by Gasteiger charge is -2.37. The van der Waals surface area contributed by atoms with Gasteiger partial charge in [0.2, 0.25) is 5.91 Å². The lowest BCUT2D eigenvalue weighted by atomic mass is 10.0. The number of carbonyl (C=O) groups is 1. The fraction of sp³-hybridized carbons (Fsp3) is 0.462. The summed E-state index contributed by atoms with van der Waals surface area (Å²) in [5.74, 6) is -2.56. The van der Waals surface area contributed by atoms with E-state index in [0.717, 1.165) is 0 Å². The lowest BCUT2D eigenvalue weighted by Crippen LogP contribution is -2.45. The monoisotopic (exact) mass is 598 g/mol. The number of aromatic nitrogens is 2. The molecule has 4 rings (SSSR count). The number of carbonyl (C=O) groups excluding carboxylic acids is 1. The molecular formula is C26H31F5N8OS. The van der Waals surface area contributed by atoms with Gasteiger partial charge in [0.25, 0.3) is 5.92 Å². The normalized spacial score (nSPS) is 18.4. The van der Waals surface area contributed by atoms with Crippen LogP contribution in [0, 0.1) is 5.41 Å². The van der Waals surface area contributed by atoms with Gasteiger partial charge in [-0.25, -0.2) is 18.7 Å². The molecule has 2 aliphatic rings. The number of nitrogens with one attached hydrogen (secondary N) is 3. The number of halogens is 5. The Kier molecular flexibility index (Phi) is 9.37. The van der Waals surface area contributed by atoms with E-state index in [1.54, 1.807) is 25.1 Å². The number of amides is 1. The van der Waals surface area contributed by atoms with Gasteiger partial charge in [-0.1, -0.05) is 0 Å². The number of nitrogens with zero attached hydrogens (tertiary/aromatic N) is 4.